The van der Waals surface area contributed by atoms with E-state index in [9.17, 15) is 19.7 Å². The van der Waals surface area contributed by atoms with E-state index in [0.717, 1.165) is 0 Å². The Hall–Kier alpha value is -2.24. The third kappa shape index (κ3) is 3.88. The summed E-state index contributed by atoms with van der Waals surface area (Å²) < 4.78 is 4.91. The van der Waals surface area contributed by atoms with Crippen molar-refractivity contribution >= 4 is 17.4 Å². The third-order valence-electron chi connectivity index (χ3n) is 2.78. The molecule has 0 aliphatic rings. The Labute approximate surface area is 116 Å². The average molecular weight is 279 g/mol. The molecule has 0 saturated carbocycles. The summed E-state index contributed by atoms with van der Waals surface area (Å²) in [7, 11) is 0. The van der Waals surface area contributed by atoms with Crippen LogP contribution >= 0.6 is 0 Å². The number of nitro benzene ring substituents is 1. The molecule has 20 heavy (non-hydrogen) atoms. The average Bonchev–Trinajstić information content (AvgIpc) is 2.40. The van der Waals surface area contributed by atoms with E-state index in [-0.39, 0.29) is 24.5 Å². The number of esters is 1. The predicted molar refractivity (Wildman–Crippen MR) is 72.4 cm³/mol. The van der Waals surface area contributed by atoms with Crippen LogP contribution in [-0.4, -0.2) is 23.3 Å². The number of carbonyl (C=O) groups is 2. The molecule has 0 radical (unpaired) electrons. The lowest BCUT2D eigenvalue weighted by Gasteiger charge is -2.14. The molecule has 1 atom stereocenters. The largest absolute Gasteiger partial charge is 0.465 e. The monoisotopic (exact) mass is 279 g/mol. The molecule has 0 saturated heterocycles. The highest BCUT2D eigenvalue weighted by molar-refractivity contribution is 6.04. The topological polar surface area (TPSA) is 86.5 Å². The zero-order chi connectivity index (χ0) is 15.1. The highest BCUT2D eigenvalue weighted by Gasteiger charge is 2.29. The Morgan fingerprint density at radius 1 is 1.25 bits per heavy atom. The van der Waals surface area contributed by atoms with Crippen LogP contribution in [0.4, 0.5) is 5.69 Å². The first-order valence-electron chi connectivity index (χ1n) is 6.44. The van der Waals surface area contributed by atoms with Crippen molar-refractivity contribution in [1.29, 1.82) is 0 Å². The molecule has 108 valence electrons. The van der Waals surface area contributed by atoms with Crippen LogP contribution < -0.4 is 0 Å². The molecule has 1 aromatic carbocycles. The van der Waals surface area contributed by atoms with Crippen LogP contribution in [0.15, 0.2) is 24.3 Å². The van der Waals surface area contributed by atoms with Gasteiger partial charge in [-0.3, -0.25) is 19.7 Å². The Kier molecular flexibility index (Phi) is 5.83. The number of nitrogens with zero attached hydrogens (tertiary/aromatic N) is 1. The molecule has 0 amide bonds. The third-order valence-corrected chi connectivity index (χ3v) is 2.78. The summed E-state index contributed by atoms with van der Waals surface area (Å²) in [5.41, 5.74) is 0.340. The van der Waals surface area contributed by atoms with E-state index in [1.54, 1.807) is 6.92 Å². The lowest BCUT2D eigenvalue weighted by Crippen LogP contribution is -2.24. The van der Waals surface area contributed by atoms with Gasteiger partial charge in [-0.15, -0.1) is 0 Å². The quantitative estimate of drug-likeness (QED) is 0.331. The molecule has 1 aromatic rings. The second kappa shape index (κ2) is 7.37. The molecule has 0 spiro atoms. The minimum Gasteiger partial charge on any atom is -0.465 e. The SMILES string of the molecule is CCCC(=O)C(C(=O)OCC)c1ccc([N+](=O)[O-])cc1. The van der Waals surface area contributed by atoms with Gasteiger partial charge in [0.15, 0.2) is 5.78 Å². The van der Waals surface area contributed by atoms with Crippen LogP contribution in [0.5, 0.6) is 0 Å². The molecule has 1 rings (SSSR count). The zero-order valence-corrected chi connectivity index (χ0v) is 11.5. The summed E-state index contributed by atoms with van der Waals surface area (Å²) in [6.07, 6.45) is 0.891. The van der Waals surface area contributed by atoms with Crippen LogP contribution in [0.2, 0.25) is 0 Å². The van der Waals surface area contributed by atoms with Crippen LogP contribution in [0.1, 0.15) is 38.2 Å². The standard InChI is InChI=1S/C14H17NO5/c1-3-5-12(16)13(14(17)20-4-2)10-6-8-11(9-7-10)15(18)19/h6-9,13H,3-5H2,1-2H3. The highest BCUT2D eigenvalue weighted by atomic mass is 16.6. The Balaban J connectivity index is 3.06. The van der Waals surface area contributed by atoms with Crippen molar-refractivity contribution < 1.29 is 19.2 Å². The number of hydrogen-bond donors (Lipinski definition) is 0. The Bertz CT molecular complexity index is 477. The second-order valence-electron chi connectivity index (χ2n) is 4.25. The van der Waals surface area contributed by atoms with Crippen LogP contribution in [0, 0.1) is 10.1 Å². The molecule has 6 nitrogen and oxygen atoms in total. The number of hydrogen-bond acceptors (Lipinski definition) is 5. The molecule has 0 N–H and O–H groups in total. The first-order valence-corrected chi connectivity index (χ1v) is 6.44. The molecule has 1 unspecified atom stereocenters. The molecular weight excluding hydrogens is 262 g/mol. The molecule has 6 heteroatoms. The molecule has 0 aliphatic heterocycles. The lowest BCUT2D eigenvalue weighted by atomic mass is 9.92. The van der Waals surface area contributed by atoms with Crippen molar-refractivity contribution in [2.24, 2.45) is 0 Å². The van der Waals surface area contributed by atoms with Gasteiger partial charge < -0.3 is 4.74 Å². The Morgan fingerprint density at radius 2 is 1.85 bits per heavy atom. The maximum atomic E-state index is 12.0. The van der Waals surface area contributed by atoms with E-state index in [2.05, 4.69) is 0 Å². The first kappa shape index (κ1) is 15.8. The van der Waals surface area contributed by atoms with Gasteiger partial charge in [-0.2, -0.15) is 0 Å². The number of ketones is 1. The normalized spacial score (nSPS) is 11.7. The van der Waals surface area contributed by atoms with E-state index in [1.165, 1.54) is 24.3 Å². The molecule has 0 aromatic heterocycles. The zero-order valence-electron chi connectivity index (χ0n) is 11.5. The van der Waals surface area contributed by atoms with Gasteiger partial charge in [-0.1, -0.05) is 19.1 Å². The summed E-state index contributed by atoms with van der Waals surface area (Å²) in [5, 5.41) is 10.6. The van der Waals surface area contributed by atoms with Crippen LogP contribution in [-0.2, 0) is 14.3 Å². The van der Waals surface area contributed by atoms with Gasteiger partial charge in [0.05, 0.1) is 11.5 Å². The van der Waals surface area contributed by atoms with Crippen molar-refractivity contribution in [2.75, 3.05) is 6.61 Å². The number of benzene rings is 1. The second-order valence-corrected chi connectivity index (χ2v) is 4.25. The van der Waals surface area contributed by atoms with Crippen molar-refractivity contribution in [2.45, 2.75) is 32.6 Å². The maximum Gasteiger partial charge on any atom is 0.321 e. The van der Waals surface area contributed by atoms with Gasteiger partial charge in [0.25, 0.3) is 5.69 Å². The summed E-state index contributed by atoms with van der Waals surface area (Å²) in [6.45, 7) is 3.69. The minimum atomic E-state index is -1.00. The first-order chi connectivity index (χ1) is 9.51. The van der Waals surface area contributed by atoms with E-state index >= 15 is 0 Å². The lowest BCUT2D eigenvalue weighted by molar-refractivity contribution is -0.384. The number of ether oxygens (including phenoxy) is 1. The number of nitro groups is 1. The summed E-state index contributed by atoms with van der Waals surface area (Å²) >= 11 is 0. The van der Waals surface area contributed by atoms with E-state index in [4.69, 9.17) is 4.74 Å². The maximum absolute atomic E-state index is 12.0. The van der Waals surface area contributed by atoms with Crippen LogP contribution in [0.25, 0.3) is 0 Å². The molecule has 0 aliphatic carbocycles. The smallest absolute Gasteiger partial charge is 0.321 e. The van der Waals surface area contributed by atoms with Crippen molar-refractivity contribution in [3.8, 4) is 0 Å². The predicted octanol–water partition coefficient (Wildman–Crippen LogP) is 2.61. The molecular formula is C14H17NO5. The minimum absolute atomic E-state index is 0.0840. The van der Waals surface area contributed by atoms with Gasteiger partial charge in [0.1, 0.15) is 5.92 Å². The fourth-order valence-corrected chi connectivity index (χ4v) is 1.86. The highest BCUT2D eigenvalue weighted by Crippen LogP contribution is 2.23. The fraction of sp³-hybridized carbons (Fsp3) is 0.429. The molecule has 0 fully saturated rings. The van der Waals surface area contributed by atoms with E-state index in [1.807, 2.05) is 6.92 Å². The van der Waals surface area contributed by atoms with Gasteiger partial charge in [0.2, 0.25) is 0 Å². The molecule has 0 bridgehead atoms. The summed E-state index contributed by atoms with van der Waals surface area (Å²) in [4.78, 5) is 34.0. The fourth-order valence-electron chi connectivity index (χ4n) is 1.86. The van der Waals surface area contributed by atoms with Gasteiger partial charge in [-0.25, -0.2) is 0 Å². The van der Waals surface area contributed by atoms with Crippen molar-refractivity contribution in [3.63, 3.8) is 0 Å². The summed E-state index contributed by atoms with van der Waals surface area (Å²) in [6, 6.07) is 5.40. The number of Topliss-reactive ketones (excluding diaryl/α,β-unsaturated/α-hetero) is 1. The number of carbonyl (C=O) groups excluding carboxylic acids is 2. The summed E-state index contributed by atoms with van der Waals surface area (Å²) in [5.74, 6) is -1.85. The van der Waals surface area contributed by atoms with E-state index < -0.39 is 16.8 Å². The van der Waals surface area contributed by atoms with Gasteiger partial charge in [-0.05, 0) is 18.9 Å². The van der Waals surface area contributed by atoms with Crippen molar-refractivity contribution in [3.05, 3.63) is 39.9 Å². The van der Waals surface area contributed by atoms with Crippen LogP contribution in [0.3, 0.4) is 0 Å². The van der Waals surface area contributed by atoms with E-state index in [0.29, 0.717) is 12.0 Å². The van der Waals surface area contributed by atoms with Gasteiger partial charge >= 0.3 is 5.97 Å². The Morgan fingerprint density at radius 3 is 2.30 bits per heavy atom. The van der Waals surface area contributed by atoms with Crippen molar-refractivity contribution in [1.82, 2.24) is 0 Å². The molecule has 0 heterocycles. The number of rotatable bonds is 7. The van der Waals surface area contributed by atoms with Gasteiger partial charge in [0, 0.05) is 18.6 Å². The number of non-ortho nitro benzene ring substituents is 1.